The molecule has 0 saturated carbocycles. The molecule has 0 aliphatic heterocycles. The van der Waals surface area contributed by atoms with Crippen LogP contribution in [-0.2, 0) is 0 Å². The topological polar surface area (TPSA) is 78.6 Å². The van der Waals surface area contributed by atoms with E-state index in [9.17, 15) is 0 Å². The van der Waals surface area contributed by atoms with Crippen molar-refractivity contribution < 1.29 is 18.7 Å². The van der Waals surface area contributed by atoms with Gasteiger partial charge in [-0.2, -0.15) is 4.98 Å². The second-order valence-corrected chi connectivity index (χ2v) is 4.79. The highest BCUT2D eigenvalue weighted by atomic mass is 16.5. The van der Waals surface area contributed by atoms with Gasteiger partial charge in [-0.25, -0.2) is 0 Å². The first-order chi connectivity index (χ1) is 11.8. The smallest absolute Gasteiger partial charge is 0.326 e. The number of nitrogens with one attached hydrogen (secondary N) is 1. The molecule has 124 valence electrons. The number of hydrogen-bond acceptors (Lipinski definition) is 7. The molecular formula is C17H17N3O4. The summed E-state index contributed by atoms with van der Waals surface area (Å²) in [5.41, 5.74) is 1.40. The van der Waals surface area contributed by atoms with Crippen molar-refractivity contribution in [2.45, 2.75) is 0 Å². The van der Waals surface area contributed by atoms with Crippen molar-refractivity contribution >= 4 is 11.7 Å². The van der Waals surface area contributed by atoms with Gasteiger partial charge in [0.15, 0.2) is 11.5 Å². The van der Waals surface area contributed by atoms with Crippen molar-refractivity contribution in [3.63, 3.8) is 0 Å². The lowest BCUT2D eigenvalue weighted by molar-refractivity contribution is 0.355. The van der Waals surface area contributed by atoms with E-state index in [1.54, 1.807) is 27.4 Å². The standard InChI is InChI=1S/C17H17N3O4/c1-21-13-9-5-4-8-12(13)18-17-19-16(20-24-17)11-7-6-10-14(22-2)15(11)23-3/h4-10H,1-3H3,(H,18,19,20). The molecule has 1 aromatic heterocycles. The summed E-state index contributed by atoms with van der Waals surface area (Å²) in [6.45, 7) is 0. The third-order valence-corrected chi connectivity index (χ3v) is 3.42. The Balaban J connectivity index is 1.92. The predicted molar refractivity (Wildman–Crippen MR) is 89.1 cm³/mol. The summed E-state index contributed by atoms with van der Waals surface area (Å²) in [5, 5.41) is 7.04. The predicted octanol–water partition coefficient (Wildman–Crippen LogP) is 3.51. The number of anilines is 2. The highest BCUT2D eigenvalue weighted by molar-refractivity contribution is 5.70. The summed E-state index contributed by atoms with van der Waals surface area (Å²) in [7, 11) is 4.74. The molecule has 7 nitrogen and oxygen atoms in total. The van der Waals surface area contributed by atoms with Crippen LogP contribution in [0.2, 0.25) is 0 Å². The maximum Gasteiger partial charge on any atom is 0.326 e. The Labute approximate surface area is 139 Å². The molecule has 2 aromatic carbocycles. The SMILES string of the molecule is COc1ccccc1Nc1nc(-c2cccc(OC)c2OC)no1. The van der Waals surface area contributed by atoms with E-state index in [0.717, 1.165) is 5.69 Å². The Morgan fingerprint density at radius 3 is 2.38 bits per heavy atom. The molecule has 0 aliphatic carbocycles. The maximum absolute atomic E-state index is 5.40. The van der Waals surface area contributed by atoms with Gasteiger partial charge in [0.25, 0.3) is 0 Å². The Kier molecular flexibility index (Phi) is 4.51. The van der Waals surface area contributed by atoms with E-state index in [2.05, 4.69) is 15.5 Å². The molecule has 0 aliphatic rings. The summed E-state index contributed by atoms with van der Waals surface area (Å²) in [6, 6.07) is 13.2. The van der Waals surface area contributed by atoms with Crippen LogP contribution in [0.4, 0.5) is 11.7 Å². The number of ether oxygens (including phenoxy) is 3. The Hall–Kier alpha value is -3.22. The second kappa shape index (κ2) is 6.91. The van der Waals surface area contributed by atoms with E-state index >= 15 is 0 Å². The number of methoxy groups -OCH3 is 3. The van der Waals surface area contributed by atoms with Gasteiger partial charge >= 0.3 is 6.01 Å². The number of aromatic nitrogens is 2. The highest BCUT2D eigenvalue weighted by Crippen LogP contribution is 2.37. The minimum absolute atomic E-state index is 0.249. The fourth-order valence-corrected chi connectivity index (χ4v) is 2.31. The van der Waals surface area contributed by atoms with E-state index in [1.807, 2.05) is 36.4 Å². The van der Waals surface area contributed by atoms with Crippen molar-refractivity contribution in [1.29, 1.82) is 0 Å². The van der Waals surface area contributed by atoms with Crippen LogP contribution in [0.15, 0.2) is 47.0 Å². The molecule has 0 radical (unpaired) electrons. The minimum Gasteiger partial charge on any atom is -0.495 e. The van der Waals surface area contributed by atoms with Crippen molar-refractivity contribution in [1.82, 2.24) is 10.1 Å². The van der Waals surface area contributed by atoms with Gasteiger partial charge in [-0.3, -0.25) is 0 Å². The fraction of sp³-hybridized carbons (Fsp3) is 0.176. The molecule has 1 N–H and O–H groups in total. The Morgan fingerprint density at radius 2 is 1.62 bits per heavy atom. The maximum atomic E-state index is 5.40. The highest BCUT2D eigenvalue weighted by Gasteiger charge is 2.17. The molecule has 3 rings (SSSR count). The lowest BCUT2D eigenvalue weighted by atomic mass is 10.2. The number of para-hydroxylation sites is 3. The van der Waals surface area contributed by atoms with Gasteiger partial charge in [0.1, 0.15) is 5.75 Å². The van der Waals surface area contributed by atoms with Crippen LogP contribution < -0.4 is 19.5 Å². The monoisotopic (exact) mass is 327 g/mol. The molecule has 0 unspecified atom stereocenters. The molecule has 0 amide bonds. The van der Waals surface area contributed by atoms with Crippen LogP contribution in [0.3, 0.4) is 0 Å². The van der Waals surface area contributed by atoms with Gasteiger partial charge in [0, 0.05) is 0 Å². The number of benzene rings is 2. The molecule has 0 bridgehead atoms. The van der Waals surface area contributed by atoms with Crippen molar-refractivity contribution in [3.05, 3.63) is 42.5 Å². The normalized spacial score (nSPS) is 10.3. The molecule has 0 atom stereocenters. The summed E-state index contributed by atoms with van der Waals surface area (Å²) >= 11 is 0. The largest absolute Gasteiger partial charge is 0.495 e. The third-order valence-electron chi connectivity index (χ3n) is 3.42. The molecule has 0 spiro atoms. The lowest BCUT2D eigenvalue weighted by Crippen LogP contribution is -1.95. The van der Waals surface area contributed by atoms with Crippen molar-refractivity contribution in [2.75, 3.05) is 26.6 Å². The lowest BCUT2D eigenvalue weighted by Gasteiger charge is -2.09. The molecule has 24 heavy (non-hydrogen) atoms. The van der Waals surface area contributed by atoms with E-state index in [0.29, 0.717) is 28.6 Å². The summed E-state index contributed by atoms with van der Waals surface area (Å²) in [4.78, 5) is 4.36. The van der Waals surface area contributed by atoms with Crippen LogP contribution >= 0.6 is 0 Å². The first-order valence-electron chi connectivity index (χ1n) is 7.22. The molecular weight excluding hydrogens is 310 g/mol. The number of nitrogens with zero attached hydrogens (tertiary/aromatic N) is 2. The van der Waals surface area contributed by atoms with Crippen LogP contribution in [0.5, 0.6) is 17.2 Å². The summed E-state index contributed by atoms with van der Waals surface area (Å²) in [6.07, 6.45) is 0. The molecule has 0 fully saturated rings. The molecule has 1 heterocycles. The quantitative estimate of drug-likeness (QED) is 0.742. The Bertz CT molecular complexity index is 832. The first kappa shape index (κ1) is 15.7. The van der Waals surface area contributed by atoms with Crippen molar-refractivity contribution in [3.8, 4) is 28.6 Å². The summed E-state index contributed by atoms with van der Waals surface area (Å²) < 4.78 is 21.2. The van der Waals surface area contributed by atoms with Gasteiger partial charge in [0.2, 0.25) is 5.82 Å². The molecule has 0 saturated heterocycles. The van der Waals surface area contributed by atoms with Crippen molar-refractivity contribution in [2.24, 2.45) is 0 Å². The first-order valence-corrected chi connectivity index (χ1v) is 7.22. The zero-order valence-corrected chi connectivity index (χ0v) is 13.6. The van der Waals surface area contributed by atoms with E-state index in [-0.39, 0.29) is 6.01 Å². The summed E-state index contributed by atoms with van der Waals surface area (Å²) in [5.74, 6) is 2.21. The van der Waals surface area contributed by atoms with Gasteiger partial charge < -0.3 is 24.1 Å². The van der Waals surface area contributed by atoms with Gasteiger partial charge in [-0.15, -0.1) is 0 Å². The molecule has 3 aromatic rings. The van der Waals surface area contributed by atoms with E-state index < -0.39 is 0 Å². The van der Waals surface area contributed by atoms with Crippen LogP contribution in [0.1, 0.15) is 0 Å². The minimum atomic E-state index is 0.249. The average molecular weight is 327 g/mol. The van der Waals surface area contributed by atoms with E-state index in [4.69, 9.17) is 18.7 Å². The zero-order valence-electron chi connectivity index (χ0n) is 13.6. The van der Waals surface area contributed by atoms with Gasteiger partial charge in [0.05, 0.1) is 32.6 Å². The van der Waals surface area contributed by atoms with Crippen LogP contribution in [-0.4, -0.2) is 31.5 Å². The average Bonchev–Trinajstić information content (AvgIpc) is 3.09. The van der Waals surface area contributed by atoms with Crippen LogP contribution in [0, 0.1) is 0 Å². The Morgan fingerprint density at radius 1 is 0.875 bits per heavy atom. The van der Waals surface area contributed by atoms with Crippen LogP contribution in [0.25, 0.3) is 11.4 Å². The molecule has 7 heteroatoms. The second-order valence-electron chi connectivity index (χ2n) is 4.79. The van der Waals surface area contributed by atoms with E-state index in [1.165, 1.54) is 0 Å². The van der Waals surface area contributed by atoms with Gasteiger partial charge in [-0.05, 0) is 24.3 Å². The zero-order chi connectivity index (χ0) is 16.9. The number of rotatable bonds is 6. The fourth-order valence-electron chi connectivity index (χ4n) is 2.31. The van der Waals surface area contributed by atoms with Gasteiger partial charge in [-0.1, -0.05) is 23.4 Å². The third kappa shape index (κ3) is 2.96. The number of hydrogen-bond donors (Lipinski definition) is 1.